The standard InChI is InChI=1S/C15H23N3O4.ClH/c1-15(2,9-16)18-14(20)10-5-6-11(12(7-10)21-4)22-8-13(19)17-3;/h5-7H,8-9,16H2,1-4H3,(H,17,19)(H,18,20);1H. The van der Waals surface area contributed by atoms with Gasteiger partial charge in [0.25, 0.3) is 11.8 Å². The first kappa shape index (κ1) is 21.0. The Morgan fingerprint density at radius 3 is 2.43 bits per heavy atom. The minimum Gasteiger partial charge on any atom is -0.493 e. The molecular formula is C15H24ClN3O4. The zero-order valence-electron chi connectivity index (χ0n) is 13.8. The van der Waals surface area contributed by atoms with Crippen molar-refractivity contribution in [1.29, 1.82) is 0 Å². The molecule has 1 aromatic carbocycles. The number of likely N-dealkylation sites (N-methyl/N-ethyl adjacent to an activating group) is 1. The minimum atomic E-state index is -0.501. The van der Waals surface area contributed by atoms with Crippen LogP contribution in [0.2, 0.25) is 0 Å². The molecular weight excluding hydrogens is 322 g/mol. The number of halogens is 1. The molecule has 0 spiro atoms. The SMILES string of the molecule is CNC(=O)COc1ccc(C(=O)NC(C)(C)CN)cc1OC.Cl. The van der Waals surface area contributed by atoms with Gasteiger partial charge < -0.3 is 25.8 Å². The molecule has 0 aliphatic heterocycles. The number of amides is 2. The summed E-state index contributed by atoms with van der Waals surface area (Å²) < 4.78 is 10.5. The summed E-state index contributed by atoms with van der Waals surface area (Å²) in [5, 5.41) is 5.28. The second-order valence-electron chi connectivity index (χ2n) is 5.37. The summed E-state index contributed by atoms with van der Waals surface area (Å²) in [6, 6.07) is 4.75. The van der Waals surface area contributed by atoms with Crippen molar-refractivity contribution in [3.8, 4) is 11.5 Å². The van der Waals surface area contributed by atoms with Crippen molar-refractivity contribution in [2.24, 2.45) is 5.73 Å². The van der Waals surface area contributed by atoms with Gasteiger partial charge in [0.15, 0.2) is 18.1 Å². The topological polar surface area (TPSA) is 103 Å². The number of hydrogen-bond acceptors (Lipinski definition) is 5. The van der Waals surface area contributed by atoms with Crippen molar-refractivity contribution < 1.29 is 19.1 Å². The van der Waals surface area contributed by atoms with E-state index >= 15 is 0 Å². The molecule has 1 aromatic rings. The fourth-order valence-corrected chi connectivity index (χ4v) is 1.57. The van der Waals surface area contributed by atoms with E-state index in [1.165, 1.54) is 14.2 Å². The Balaban J connectivity index is 0.00000484. The number of nitrogens with one attached hydrogen (secondary N) is 2. The molecule has 0 aliphatic carbocycles. The number of carbonyl (C=O) groups excluding carboxylic acids is 2. The molecule has 0 heterocycles. The molecule has 23 heavy (non-hydrogen) atoms. The number of carbonyl (C=O) groups is 2. The molecule has 0 atom stereocenters. The Bertz CT molecular complexity index is 550. The third-order valence-corrected chi connectivity index (χ3v) is 3.03. The van der Waals surface area contributed by atoms with E-state index in [2.05, 4.69) is 10.6 Å². The summed E-state index contributed by atoms with van der Waals surface area (Å²) in [7, 11) is 2.99. The first-order chi connectivity index (χ1) is 10.3. The average Bonchev–Trinajstić information content (AvgIpc) is 2.51. The maximum absolute atomic E-state index is 12.2. The van der Waals surface area contributed by atoms with Gasteiger partial charge >= 0.3 is 0 Å². The average molecular weight is 346 g/mol. The Morgan fingerprint density at radius 1 is 1.26 bits per heavy atom. The lowest BCUT2D eigenvalue weighted by Crippen LogP contribution is -2.48. The van der Waals surface area contributed by atoms with E-state index in [9.17, 15) is 9.59 Å². The summed E-state index contributed by atoms with van der Waals surface area (Å²) in [6.07, 6.45) is 0. The third-order valence-electron chi connectivity index (χ3n) is 3.03. The monoisotopic (exact) mass is 345 g/mol. The lowest BCUT2D eigenvalue weighted by molar-refractivity contribution is -0.122. The molecule has 0 saturated carbocycles. The molecule has 8 heteroatoms. The fourth-order valence-electron chi connectivity index (χ4n) is 1.57. The van der Waals surface area contributed by atoms with Crippen LogP contribution in [-0.4, -0.2) is 44.7 Å². The number of methoxy groups -OCH3 is 1. The van der Waals surface area contributed by atoms with Crippen LogP contribution < -0.4 is 25.8 Å². The van der Waals surface area contributed by atoms with E-state index < -0.39 is 5.54 Å². The van der Waals surface area contributed by atoms with E-state index in [1.54, 1.807) is 18.2 Å². The first-order valence-corrected chi connectivity index (χ1v) is 6.87. The van der Waals surface area contributed by atoms with Gasteiger partial charge in [0, 0.05) is 24.7 Å². The number of nitrogens with two attached hydrogens (primary N) is 1. The van der Waals surface area contributed by atoms with E-state index in [0.717, 1.165) is 0 Å². The molecule has 0 bridgehead atoms. The van der Waals surface area contributed by atoms with E-state index in [-0.39, 0.29) is 30.8 Å². The summed E-state index contributed by atoms with van der Waals surface area (Å²) >= 11 is 0. The van der Waals surface area contributed by atoms with Crippen molar-refractivity contribution in [1.82, 2.24) is 10.6 Å². The van der Waals surface area contributed by atoms with Crippen molar-refractivity contribution in [3.63, 3.8) is 0 Å². The van der Waals surface area contributed by atoms with Crippen LogP contribution in [0.1, 0.15) is 24.2 Å². The second-order valence-corrected chi connectivity index (χ2v) is 5.37. The Labute approximate surface area is 142 Å². The molecule has 0 aliphatic rings. The summed E-state index contributed by atoms with van der Waals surface area (Å²) in [5.74, 6) is 0.253. The van der Waals surface area contributed by atoms with Gasteiger partial charge in [-0.3, -0.25) is 9.59 Å². The number of hydrogen-bond donors (Lipinski definition) is 3. The zero-order chi connectivity index (χ0) is 16.8. The highest BCUT2D eigenvalue weighted by Crippen LogP contribution is 2.28. The Morgan fingerprint density at radius 2 is 1.91 bits per heavy atom. The van der Waals surface area contributed by atoms with Gasteiger partial charge in [0.2, 0.25) is 0 Å². The highest BCUT2D eigenvalue weighted by Gasteiger charge is 2.20. The summed E-state index contributed by atoms with van der Waals surface area (Å²) in [6.45, 7) is 3.87. The van der Waals surface area contributed by atoms with Crippen LogP contribution >= 0.6 is 12.4 Å². The molecule has 0 saturated heterocycles. The minimum absolute atomic E-state index is 0. The lowest BCUT2D eigenvalue weighted by Gasteiger charge is -2.24. The number of ether oxygens (including phenoxy) is 2. The molecule has 1 rings (SSSR count). The highest BCUT2D eigenvalue weighted by atomic mass is 35.5. The van der Waals surface area contributed by atoms with Gasteiger partial charge in [-0.2, -0.15) is 0 Å². The predicted molar refractivity (Wildman–Crippen MR) is 90.4 cm³/mol. The van der Waals surface area contributed by atoms with Gasteiger partial charge in [-0.1, -0.05) is 0 Å². The largest absolute Gasteiger partial charge is 0.493 e. The van der Waals surface area contributed by atoms with E-state index in [0.29, 0.717) is 23.6 Å². The van der Waals surface area contributed by atoms with Crippen LogP contribution in [0.5, 0.6) is 11.5 Å². The first-order valence-electron chi connectivity index (χ1n) is 6.87. The maximum atomic E-state index is 12.2. The van der Waals surface area contributed by atoms with Crippen LogP contribution in [0.3, 0.4) is 0 Å². The molecule has 0 unspecified atom stereocenters. The van der Waals surface area contributed by atoms with E-state index in [4.69, 9.17) is 15.2 Å². The summed E-state index contributed by atoms with van der Waals surface area (Å²) in [4.78, 5) is 23.4. The molecule has 0 fully saturated rings. The van der Waals surface area contributed by atoms with Crippen LogP contribution in [-0.2, 0) is 4.79 Å². The Hall–Kier alpha value is -1.99. The van der Waals surface area contributed by atoms with Crippen molar-refractivity contribution >= 4 is 24.2 Å². The van der Waals surface area contributed by atoms with Gasteiger partial charge in [-0.25, -0.2) is 0 Å². The molecule has 130 valence electrons. The van der Waals surface area contributed by atoms with Gasteiger partial charge in [-0.15, -0.1) is 12.4 Å². The lowest BCUT2D eigenvalue weighted by atomic mass is 10.1. The molecule has 2 amide bonds. The highest BCUT2D eigenvalue weighted by molar-refractivity contribution is 5.95. The number of benzene rings is 1. The van der Waals surface area contributed by atoms with Crippen molar-refractivity contribution in [2.45, 2.75) is 19.4 Å². The second kappa shape index (κ2) is 9.22. The van der Waals surface area contributed by atoms with Crippen LogP contribution in [0.25, 0.3) is 0 Å². The van der Waals surface area contributed by atoms with Crippen LogP contribution in [0, 0.1) is 0 Å². The number of rotatable bonds is 7. The molecule has 0 radical (unpaired) electrons. The summed E-state index contributed by atoms with van der Waals surface area (Å²) in [5.41, 5.74) is 5.52. The van der Waals surface area contributed by atoms with Crippen LogP contribution in [0.4, 0.5) is 0 Å². The van der Waals surface area contributed by atoms with Crippen molar-refractivity contribution in [2.75, 3.05) is 27.3 Å². The maximum Gasteiger partial charge on any atom is 0.257 e. The molecule has 7 nitrogen and oxygen atoms in total. The van der Waals surface area contributed by atoms with Crippen molar-refractivity contribution in [3.05, 3.63) is 23.8 Å². The molecule has 0 aromatic heterocycles. The normalized spacial score (nSPS) is 10.3. The smallest absolute Gasteiger partial charge is 0.257 e. The van der Waals surface area contributed by atoms with E-state index in [1.807, 2.05) is 13.8 Å². The fraction of sp³-hybridized carbons (Fsp3) is 0.467. The Kier molecular flexibility index (Phi) is 8.42. The van der Waals surface area contributed by atoms with Gasteiger partial charge in [-0.05, 0) is 32.0 Å². The third kappa shape index (κ3) is 6.33. The van der Waals surface area contributed by atoms with Gasteiger partial charge in [0.05, 0.1) is 7.11 Å². The zero-order valence-corrected chi connectivity index (χ0v) is 14.6. The van der Waals surface area contributed by atoms with Gasteiger partial charge in [0.1, 0.15) is 0 Å². The quantitative estimate of drug-likeness (QED) is 0.675. The molecule has 4 N–H and O–H groups in total. The predicted octanol–water partition coefficient (Wildman–Crippen LogP) is 0.709. The van der Waals surface area contributed by atoms with Crippen LogP contribution in [0.15, 0.2) is 18.2 Å².